The zero-order valence-corrected chi connectivity index (χ0v) is 14.5. The summed E-state index contributed by atoms with van der Waals surface area (Å²) in [5.74, 6) is 0. The summed E-state index contributed by atoms with van der Waals surface area (Å²) in [6.07, 6.45) is 0. The molecule has 1 aliphatic rings. The zero-order valence-electron chi connectivity index (χ0n) is 13.7. The predicted octanol–water partition coefficient (Wildman–Crippen LogP) is 5.43. The molecule has 1 heterocycles. The van der Waals surface area contributed by atoms with E-state index >= 15 is 0 Å². The van der Waals surface area contributed by atoms with Gasteiger partial charge < -0.3 is 9.80 Å². The van der Waals surface area contributed by atoms with Crippen molar-refractivity contribution in [2.45, 2.75) is 9.79 Å². The Kier molecular flexibility index (Phi) is 4.18. The van der Waals surface area contributed by atoms with Crippen molar-refractivity contribution in [3.8, 4) is 0 Å². The highest BCUT2D eigenvalue weighted by Gasteiger charge is 2.22. The molecule has 0 aromatic heterocycles. The van der Waals surface area contributed by atoms with Gasteiger partial charge >= 0.3 is 0 Å². The van der Waals surface area contributed by atoms with Gasteiger partial charge in [-0.2, -0.15) is 0 Å². The largest absolute Gasteiger partial charge is 0.373 e. The van der Waals surface area contributed by atoms with Crippen LogP contribution in [0.2, 0.25) is 0 Å². The van der Waals surface area contributed by atoms with Crippen LogP contribution < -0.4 is 9.80 Å². The fourth-order valence-electron chi connectivity index (χ4n) is 3.08. The Labute approximate surface area is 147 Å². The molecule has 0 unspecified atom stereocenters. The number of para-hydroxylation sites is 3. The highest BCUT2D eigenvalue weighted by Crippen LogP contribution is 2.47. The van der Waals surface area contributed by atoms with Crippen molar-refractivity contribution < 1.29 is 0 Å². The lowest BCUT2D eigenvalue weighted by molar-refractivity contribution is 0.844. The summed E-state index contributed by atoms with van der Waals surface area (Å²) in [5.41, 5.74) is 3.87. The Balaban J connectivity index is 1.61. The minimum Gasteiger partial charge on any atom is -0.373 e. The Hall–Kier alpha value is -2.39. The van der Waals surface area contributed by atoms with Crippen molar-refractivity contribution in [3.63, 3.8) is 0 Å². The van der Waals surface area contributed by atoms with Gasteiger partial charge in [-0.05, 0) is 36.4 Å². The van der Waals surface area contributed by atoms with Crippen LogP contribution in [0.5, 0.6) is 0 Å². The van der Waals surface area contributed by atoms with Crippen molar-refractivity contribution in [3.05, 3.63) is 78.9 Å². The molecule has 2 nitrogen and oxygen atoms in total. The number of hydrogen-bond donors (Lipinski definition) is 0. The number of hydrogen-bond acceptors (Lipinski definition) is 3. The Morgan fingerprint density at radius 3 is 1.92 bits per heavy atom. The molecule has 0 radical (unpaired) electrons. The van der Waals surface area contributed by atoms with Gasteiger partial charge in [-0.15, -0.1) is 0 Å². The first kappa shape index (κ1) is 15.2. The van der Waals surface area contributed by atoms with Gasteiger partial charge in [0.15, 0.2) is 0 Å². The molecular formula is C21H20N2S. The maximum atomic E-state index is 2.45. The number of fused-ring (bicyclic) bond motifs is 2. The molecule has 0 amide bonds. The van der Waals surface area contributed by atoms with E-state index in [0.717, 1.165) is 13.1 Å². The zero-order chi connectivity index (χ0) is 16.4. The number of likely N-dealkylation sites (N-methyl/N-ethyl adjacent to an activating group) is 1. The normalized spacial score (nSPS) is 12.5. The molecule has 0 aliphatic carbocycles. The molecule has 0 bridgehead atoms. The first-order valence-electron chi connectivity index (χ1n) is 8.22. The Morgan fingerprint density at radius 2 is 1.29 bits per heavy atom. The molecule has 120 valence electrons. The number of nitrogens with zero attached hydrogens (tertiary/aromatic N) is 2. The third kappa shape index (κ3) is 2.87. The second-order valence-corrected chi connectivity index (χ2v) is 7.03. The minimum absolute atomic E-state index is 0.958. The molecule has 24 heavy (non-hydrogen) atoms. The molecule has 0 fully saturated rings. The van der Waals surface area contributed by atoms with Crippen molar-refractivity contribution >= 4 is 28.8 Å². The van der Waals surface area contributed by atoms with E-state index in [0.29, 0.717) is 0 Å². The van der Waals surface area contributed by atoms with Crippen molar-refractivity contribution in [1.82, 2.24) is 0 Å². The molecule has 3 aromatic rings. The average Bonchev–Trinajstić information content (AvgIpc) is 2.65. The molecule has 0 spiro atoms. The van der Waals surface area contributed by atoms with Crippen LogP contribution in [0.15, 0.2) is 88.7 Å². The topological polar surface area (TPSA) is 6.48 Å². The SMILES string of the molecule is CN(CCN1c2ccccc2Sc2ccccc21)c1ccccc1. The first-order valence-corrected chi connectivity index (χ1v) is 9.04. The molecule has 3 heteroatoms. The number of benzene rings is 3. The van der Waals surface area contributed by atoms with Crippen molar-refractivity contribution in [2.24, 2.45) is 0 Å². The van der Waals surface area contributed by atoms with Gasteiger partial charge in [0.05, 0.1) is 11.4 Å². The van der Waals surface area contributed by atoms with Crippen LogP contribution >= 0.6 is 11.8 Å². The lowest BCUT2D eigenvalue weighted by atomic mass is 10.2. The van der Waals surface area contributed by atoms with E-state index in [4.69, 9.17) is 0 Å². The maximum absolute atomic E-state index is 2.45. The summed E-state index contributed by atoms with van der Waals surface area (Å²) < 4.78 is 0. The first-order chi connectivity index (χ1) is 11.8. The number of rotatable bonds is 4. The molecule has 0 saturated heterocycles. The Bertz CT molecular complexity index is 787. The third-order valence-electron chi connectivity index (χ3n) is 4.39. The average molecular weight is 332 g/mol. The highest BCUT2D eigenvalue weighted by atomic mass is 32.2. The monoisotopic (exact) mass is 332 g/mol. The molecule has 3 aromatic carbocycles. The summed E-state index contributed by atoms with van der Waals surface area (Å²) in [6.45, 7) is 1.93. The van der Waals surface area contributed by atoms with Crippen LogP contribution in [-0.2, 0) is 0 Å². The predicted molar refractivity (Wildman–Crippen MR) is 104 cm³/mol. The van der Waals surface area contributed by atoms with Crippen LogP contribution in [0, 0.1) is 0 Å². The summed E-state index contributed by atoms with van der Waals surface area (Å²) in [5, 5.41) is 0. The molecule has 1 aliphatic heterocycles. The molecule has 0 N–H and O–H groups in total. The molecule has 0 atom stereocenters. The van der Waals surface area contributed by atoms with Gasteiger partial charge in [0.2, 0.25) is 0 Å². The van der Waals surface area contributed by atoms with E-state index in [9.17, 15) is 0 Å². The van der Waals surface area contributed by atoms with E-state index in [1.54, 1.807) is 0 Å². The van der Waals surface area contributed by atoms with Gasteiger partial charge in [-0.1, -0.05) is 54.2 Å². The quantitative estimate of drug-likeness (QED) is 0.629. The fraction of sp³-hybridized carbons (Fsp3) is 0.143. The smallest absolute Gasteiger partial charge is 0.0553 e. The standard InChI is InChI=1S/C21H20N2S/c1-22(17-9-3-2-4-10-17)15-16-23-18-11-5-7-13-20(18)24-21-14-8-6-12-19(21)23/h2-14H,15-16H2,1H3. The lowest BCUT2D eigenvalue weighted by Crippen LogP contribution is -2.31. The highest BCUT2D eigenvalue weighted by molar-refractivity contribution is 7.99. The fourth-order valence-corrected chi connectivity index (χ4v) is 4.18. The van der Waals surface area contributed by atoms with E-state index in [-0.39, 0.29) is 0 Å². The van der Waals surface area contributed by atoms with Crippen LogP contribution in [0.25, 0.3) is 0 Å². The van der Waals surface area contributed by atoms with Crippen LogP contribution in [0.1, 0.15) is 0 Å². The van der Waals surface area contributed by atoms with Gasteiger partial charge in [0.25, 0.3) is 0 Å². The van der Waals surface area contributed by atoms with E-state index < -0.39 is 0 Å². The summed E-state index contributed by atoms with van der Waals surface area (Å²) in [6, 6.07) is 27.9. The van der Waals surface area contributed by atoms with E-state index in [2.05, 4.69) is 95.7 Å². The van der Waals surface area contributed by atoms with Gasteiger partial charge in [-0.25, -0.2) is 0 Å². The second-order valence-electron chi connectivity index (χ2n) is 5.95. The van der Waals surface area contributed by atoms with Crippen LogP contribution in [-0.4, -0.2) is 20.1 Å². The summed E-state index contributed by atoms with van der Waals surface area (Å²) in [4.78, 5) is 7.42. The maximum Gasteiger partial charge on any atom is 0.0553 e. The Morgan fingerprint density at radius 1 is 0.750 bits per heavy atom. The molecule has 0 saturated carbocycles. The van der Waals surface area contributed by atoms with E-state index in [1.807, 2.05) is 11.8 Å². The van der Waals surface area contributed by atoms with Crippen molar-refractivity contribution in [1.29, 1.82) is 0 Å². The van der Waals surface area contributed by atoms with Gasteiger partial charge in [0, 0.05) is 35.6 Å². The number of anilines is 3. The van der Waals surface area contributed by atoms with E-state index in [1.165, 1.54) is 26.9 Å². The lowest BCUT2D eigenvalue weighted by Gasteiger charge is -2.34. The summed E-state index contributed by atoms with van der Waals surface area (Å²) in [7, 11) is 2.16. The third-order valence-corrected chi connectivity index (χ3v) is 5.52. The minimum atomic E-state index is 0.958. The second kappa shape index (κ2) is 6.62. The van der Waals surface area contributed by atoms with Crippen LogP contribution in [0.3, 0.4) is 0 Å². The molecular weight excluding hydrogens is 312 g/mol. The molecule has 4 rings (SSSR count). The summed E-state index contributed by atoms with van der Waals surface area (Å²) >= 11 is 1.86. The van der Waals surface area contributed by atoms with Crippen LogP contribution in [0.4, 0.5) is 17.1 Å². The van der Waals surface area contributed by atoms with Gasteiger partial charge in [0.1, 0.15) is 0 Å². The van der Waals surface area contributed by atoms with Gasteiger partial charge in [-0.3, -0.25) is 0 Å². The van der Waals surface area contributed by atoms with Crippen molar-refractivity contribution in [2.75, 3.05) is 29.9 Å².